The van der Waals surface area contributed by atoms with E-state index in [-0.39, 0.29) is 28.9 Å². The van der Waals surface area contributed by atoms with Gasteiger partial charge >= 0.3 is 0 Å². The molecule has 4 aromatic rings. The quantitative estimate of drug-likeness (QED) is 0.425. The third-order valence-electron chi connectivity index (χ3n) is 7.17. The SMILES string of the molecule is Cc1ccc(-c2cn3nc(C(=O)NC4(c5ccc(F)cc5)CN(C)C4)c(C4CC4)c3c(=O)[nH]2)cc1Cl. The van der Waals surface area contributed by atoms with Crippen molar-refractivity contribution < 1.29 is 9.18 Å². The molecule has 0 unspecified atom stereocenters. The lowest BCUT2D eigenvalue weighted by atomic mass is 9.82. The smallest absolute Gasteiger partial charge is 0.274 e. The molecule has 1 aliphatic heterocycles. The average Bonchev–Trinajstić information content (AvgIpc) is 3.59. The maximum Gasteiger partial charge on any atom is 0.274 e. The van der Waals surface area contributed by atoms with Gasteiger partial charge in [0.05, 0.1) is 17.4 Å². The molecule has 184 valence electrons. The summed E-state index contributed by atoms with van der Waals surface area (Å²) in [5, 5.41) is 8.38. The Morgan fingerprint density at radius 3 is 2.56 bits per heavy atom. The number of H-pyrrole nitrogens is 1. The fourth-order valence-electron chi connectivity index (χ4n) is 5.19. The number of hydrogen-bond acceptors (Lipinski definition) is 4. The Labute approximate surface area is 211 Å². The van der Waals surface area contributed by atoms with Gasteiger partial charge in [0.15, 0.2) is 5.69 Å². The monoisotopic (exact) mass is 505 g/mol. The van der Waals surface area contributed by atoms with E-state index < -0.39 is 5.54 Å². The van der Waals surface area contributed by atoms with Gasteiger partial charge in [0.2, 0.25) is 0 Å². The van der Waals surface area contributed by atoms with Crippen LogP contribution in [0.3, 0.4) is 0 Å². The van der Waals surface area contributed by atoms with Crippen LogP contribution >= 0.6 is 11.6 Å². The first kappa shape index (κ1) is 22.9. The van der Waals surface area contributed by atoms with Crippen LogP contribution < -0.4 is 10.9 Å². The molecule has 2 N–H and O–H groups in total. The van der Waals surface area contributed by atoms with Gasteiger partial charge in [-0.05, 0) is 62.1 Å². The molecule has 0 spiro atoms. The van der Waals surface area contributed by atoms with Gasteiger partial charge in [0.25, 0.3) is 11.5 Å². The first-order chi connectivity index (χ1) is 17.2. The van der Waals surface area contributed by atoms with Gasteiger partial charge in [0.1, 0.15) is 11.3 Å². The molecular weight excluding hydrogens is 481 g/mol. The summed E-state index contributed by atoms with van der Waals surface area (Å²) >= 11 is 6.30. The molecule has 0 bridgehead atoms. The lowest BCUT2D eigenvalue weighted by Gasteiger charge is -2.49. The molecule has 0 atom stereocenters. The average molecular weight is 506 g/mol. The van der Waals surface area contributed by atoms with Crippen LogP contribution in [0.25, 0.3) is 16.8 Å². The van der Waals surface area contributed by atoms with Crippen LogP contribution in [0.5, 0.6) is 0 Å². The minimum Gasteiger partial charge on any atom is -0.338 e. The summed E-state index contributed by atoms with van der Waals surface area (Å²) in [7, 11) is 1.97. The molecule has 36 heavy (non-hydrogen) atoms. The Bertz CT molecular complexity index is 1570. The minimum absolute atomic E-state index is 0.120. The maximum absolute atomic E-state index is 13.7. The minimum atomic E-state index is -0.646. The number of hydrogen-bond donors (Lipinski definition) is 2. The fourth-order valence-corrected chi connectivity index (χ4v) is 5.37. The van der Waals surface area contributed by atoms with E-state index in [9.17, 15) is 14.0 Å². The van der Waals surface area contributed by atoms with Crippen molar-refractivity contribution >= 4 is 23.0 Å². The number of likely N-dealkylation sites (N-methyl/N-ethyl adjacent to an activating group) is 1. The van der Waals surface area contributed by atoms with E-state index in [1.807, 2.05) is 26.1 Å². The van der Waals surface area contributed by atoms with E-state index in [4.69, 9.17) is 11.6 Å². The predicted octanol–water partition coefficient (Wildman–Crippen LogP) is 4.24. The van der Waals surface area contributed by atoms with Crippen LogP contribution in [0.15, 0.2) is 53.5 Å². The summed E-state index contributed by atoms with van der Waals surface area (Å²) in [6, 6.07) is 11.8. The number of halogens is 2. The molecular formula is C27H25ClFN5O2. The molecule has 3 heterocycles. The van der Waals surface area contributed by atoms with Gasteiger partial charge in [0, 0.05) is 29.2 Å². The van der Waals surface area contributed by atoms with Crippen LogP contribution in [0.2, 0.25) is 5.02 Å². The normalized spacial score (nSPS) is 17.2. The molecule has 2 aliphatic rings. The molecule has 7 nitrogen and oxygen atoms in total. The third-order valence-corrected chi connectivity index (χ3v) is 7.58. The Hall–Kier alpha value is -3.49. The standard InChI is InChI=1S/C27H25ClFN5O2/c1-15-3-4-17(11-20(15)28)21-12-34-24(26(36)30-21)22(16-5-6-16)23(32-34)25(35)31-27(13-33(2)14-27)18-7-9-19(29)10-8-18/h3-4,7-12,16H,5-6,13-14H2,1-2H3,(H,30,36)(H,31,35). The van der Waals surface area contributed by atoms with Gasteiger partial charge in [-0.2, -0.15) is 5.10 Å². The third kappa shape index (κ3) is 3.81. The van der Waals surface area contributed by atoms with Gasteiger partial charge < -0.3 is 15.2 Å². The summed E-state index contributed by atoms with van der Waals surface area (Å²) in [6.45, 7) is 3.10. The van der Waals surface area contributed by atoms with E-state index in [2.05, 4.69) is 20.3 Å². The molecule has 1 aliphatic carbocycles. The second-order valence-corrected chi connectivity index (χ2v) is 10.4. The van der Waals surface area contributed by atoms with Crippen molar-refractivity contribution in [3.05, 3.63) is 92.2 Å². The summed E-state index contributed by atoms with van der Waals surface area (Å²) in [6.07, 6.45) is 3.54. The summed E-state index contributed by atoms with van der Waals surface area (Å²) in [5.41, 5.74) is 3.49. The molecule has 6 rings (SSSR count). The predicted molar refractivity (Wildman–Crippen MR) is 136 cm³/mol. The number of carbonyl (C=O) groups excluding carboxylic acids is 1. The first-order valence-electron chi connectivity index (χ1n) is 11.9. The Morgan fingerprint density at radius 1 is 1.19 bits per heavy atom. The lowest BCUT2D eigenvalue weighted by Crippen LogP contribution is -2.66. The van der Waals surface area contributed by atoms with Crippen molar-refractivity contribution in [2.45, 2.75) is 31.2 Å². The van der Waals surface area contributed by atoms with Crippen LogP contribution in [0, 0.1) is 12.7 Å². The Morgan fingerprint density at radius 2 is 1.92 bits per heavy atom. The number of benzene rings is 2. The fraction of sp³-hybridized carbons (Fsp3) is 0.296. The summed E-state index contributed by atoms with van der Waals surface area (Å²) in [5.74, 6) is -0.540. The Balaban J connectivity index is 1.42. The van der Waals surface area contributed by atoms with E-state index in [0.29, 0.717) is 34.9 Å². The largest absolute Gasteiger partial charge is 0.338 e. The second-order valence-electron chi connectivity index (χ2n) is 10.0. The van der Waals surface area contributed by atoms with E-state index in [1.165, 1.54) is 16.6 Å². The molecule has 1 saturated carbocycles. The van der Waals surface area contributed by atoms with Crippen molar-refractivity contribution in [3.63, 3.8) is 0 Å². The molecule has 9 heteroatoms. The highest BCUT2D eigenvalue weighted by Crippen LogP contribution is 2.43. The topological polar surface area (TPSA) is 82.5 Å². The molecule has 1 saturated heterocycles. The maximum atomic E-state index is 13.7. The van der Waals surface area contributed by atoms with Gasteiger partial charge in [-0.25, -0.2) is 8.91 Å². The zero-order valence-corrected chi connectivity index (χ0v) is 20.7. The Kier molecular flexibility index (Phi) is 5.28. The van der Waals surface area contributed by atoms with Crippen molar-refractivity contribution in [2.24, 2.45) is 0 Å². The van der Waals surface area contributed by atoms with Crippen molar-refractivity contribution in [1.82, 2.24) is 24.8 Å². The van der Waals surface area contributed by atoms with E-state index in [0.717, 1.165) is 29.5 Å². The number of rotatable bonds is 5. The van der Waals surface area contributed by atoms with Crippen LogP contribution in [0.4, 0.5) is 4.39 Å². The number of likely N-dealkylation sites (tertiary alicyclic amines) is 1. The molecule has 0 radical (unpaired) electrons. The summed E-state index contributed by atoms with van der Waals surface area (Å²) in [4.78, 5) is 31.9. The number of aromatic amines is 1. The zero-order chi connectivity index (χ0) is 25.2. The lowest BCUT2D eigenvalue weighted by molar-refractivity contribution is 0.0507. The highest BCUT2D eigenvalue weighted by atomic mass is 35.5. The number of aromatic nitrogens is 3. The van der Waals surface area contributed by atoms with Crippen LogP contribution in [-0.2, 0) is 5.54 Å². The van der Waals surface area contributed by atoms with Crippen LogP contribution in [0.1, 0.15) is 45.9 Å². The number of carbonyl (C=O) groups is 1. The first-order valence-corrected chi connectivity index (χ1v) is 12.3. The van der Waals surface area contributed by atoms with Crippen molar-refractivity contribution in [1.29, 1.82) is 0 Å². The molecule has 2 aromatic carbocycles. The summed E-state index contributed by atoms with van der Waals surface area (Å²) < 4.78 is 15.1. The van der Waals surface area contributed by atoms with Gasteiger partial charge in [-0.3, -0.25) is 9.59 Å². The second kappa shape index (κ2) is 8.28. The van der Waals surface area contributed by atoms with Crippen molar-refractivity contribution in [2.75, 3.05) is 20.1 Å². The molecule has 2 fully saturated rings. The number of aryl methyl sites for hydroxylation is 1. The molecule has 2 aromatic heterocycles. The number of nitrogens with zero attached hydrogens (tertiary/aromatic N) is 3. The van der Waals surface area contributed by atoms with Crippen molar-refractivity contribution in [3.8, 4) is 11.3 Å². The van der Waals surface area contributed by atoms with Crippen LogP contribution in [-0.4, -0.2) is 45.5 Å². The van der Waals surface area contributed by atoms with E-state index >= 15 is 0 Å². The van der Waals surface area contributed by atoms with E-state index in [1.54, 1.807) is 24.4 Å². The number of fused-ring (bicyclic) bond motifs is 1. The number of nitrogens with one attached hydrogen (secondary N) is 2. The highest BCUT2D eigenvalue weighted by Gasteiger charge is 2.45. The highest BCUT2D eigenvalue weighted by molar-refractivity contribution is 6.31. The zero-order valence-electron chi connectivity index (χ0n) is 19.9. The van der Waals surface area contributed by atoms with Gasteiger partial charge in [-0.1, -0.05) is 35.9 Å². The molecule has 1 amide bonds. The number of amides is 1. The van der Waals surface area contributed by atoms with Gasteiger partial charge in [-0.15, -0.1) is 0 Å².